The Labute approximate surface area is 166 Å². The van der Waals surface area contributed by atoms with Gasteiger partial charge in [-0.1, -0.05) is 12.1 Å². The molecule has 3 atom stereocenters. The average molecular weight is 418 g/mol. The number of likely N-dealkylation sites (N-methyl/N-ethyl adjacent to an activating group) is 1. The molecular formula is C17H31N5O5S. The van der Waals surface area contributed by atoms with E-state index in [0.717, 1.165) is 6.26 Å². The molecule has 11 heteroatoms. The van der Waals surface area contributed by atoms with Crippen molar-refractivity contribution in [3.63, 3.8) is 0 Å². The van der Waals surface area contributed by atoms with Gasteiger partial charge in [-0.2, -0.15) is 0 Å². The summed E-state index contributed by atoms with van der Waals surface area (Å²) in [6.07, 6.45) is 3.42. The molecule has 0 saturated heterocycles. The van der Waals surface area contributed by atoms with E-state index in [1.165, 1.54) is 11.4 Å². The third kappa shape index (κ3) is 6.23. The zero-order valence-electron chi connectivity index (χ0n) is 17.0. The molecule has 1 aromatic heterocycles. The standard InChI is InChI=1S/C17H31N5O5S/c1-13-8-22(14(2)11-23)17(24)6-5-7-21-9-15(18-19-21)12-27-16(13)10-20(3)28(4,25)26/h9,13-14,16,23H,5-8,10-12H2,1-4H3/t13-,14+,16+/m0/s1. The van der Waals surface area contributed by atoms with Gasteiger partial charge < -0.3 is 14.7 Å². The molecule has 0 aliphatic carbocycles. The molecule has 1 amide bonds. The molecule has 1 aliphatic rings. The maximum Gasteiger partial charge on any atom is 0.222 e. The first-order chi connectivity index (χ1) is 13.1. The lowest BCUT2D eigenvalue weighted by Gasteiger charge is -2.34. The minimum atomic E-state index is -3.37. The fourth-order valence-corrected chi connectivity index (χ4v) is 3.50. The second-order valence-corrected chi connectivity index (χ2v) is 9.61. The molecule has 160 valence electrons. The van der Waals surface area contributed by atoms with Crippen molar-refractivity contribution in [2.24, 2.45) is 5.92 Å². The van der Waals surface area contributed by atoms with Crippen LogP contribution in [-0.4, -0.2) is 88.8 Å². The fraction of sp³-hybridized carbons (Fsp3) is 0.824. The zero-order chi connectivity index (χ0) is 20.9. The highest BCUT2D eigenvalue weighted by Gasteiger charge is 2.29. The normalized spacial score (nSPS) is 23.8. The van der Waals surface area contributed by atoms with Crippen LogP contribution in [0.3, 0.4) is 0 Å². The SMILES string of the molecule is C[C@H](CO)N1C[C@H](C)[C@@H](CN(C)S(C)(=O)=O)OCc2cn(nn2)CCCC1=O. The van der Waals surface area contributed by atoms with E-state index in [9.17, 15) is 18.3 Å². The summed E-state index contributed by atoms with van der Waals surface area (Å²) in [5.74, 6) is -0.207. The van der Waals surface area contributed by atoms with Crippen molar-refractivity contribution >= 4 is 15.9 Å². The lowest BCUT2D eigenvalue weighted by molar-refractivity contribution is -0.136. The van der Waals surface area contributed by atoms with E-state index < -0.39 is 16.1 Å². The summed E-state index contributed by atoms with van der Waals surface area (Å²) in [5.41, 5.74) is 0.658. The molecule has 2 bridgehead atoms. The predicted molar refractivity (Wildman–Crippen MR) is 103 cm³/mol. The van der Waals surface area contributed by atoms with E-state index in [1.54, 1.807) is 22.7 Å². The third-order valence-electron chi connectivity index (χ3n) is 5.05. The number of amides is 1. The van der Waals surface area contributed by atoms with Crippen LogP contribution in [0.5, 0.6) is 0 Å². The number of fused-ring (bicyclic) bond motifs is 2. The second-order valence-electron chi connectivity index (χ2n) is 7.52. The van der Waals surface area contributed by atoms with Crippen molar-refractivity contribution in [2.45, 2.75) is 52.0 Å². The number of carbonyl (C=O) groups excluding carboxylic acids is 1. The number of carbonyl (C=O) groups is 1. The lowest BCUT2D eigenvalue weighted by atomic mass is 10.0. The molecule has 0 radical (unpaired) electrons. The number of rotatable bonds is 5. The number of sulfonamides is 1. The highest BCUT2D eigenvalue weighted by atomic mass is 32.2. The van der Waals surface area contributed by atoms with Gasteiger partial charge in [-0.05, 0) is 13.3 Å². The molecule has 2 heterocycles. The molecular weight excluding hydrogens is 386 g/mol. The molecule has 0 spiro atoms. The summed E-state index contributed by atoms with van der Waals surface area (Å²) >= 11 is 0. The lowest BCUT2D eigenvalue weighted by Crippen LogP contribution is -2.47. The summed E-state index contributed by atoms with van der Waals surface area (Å²) in [4.78, 5) is 14.4. The monoisotopic (exact) mass is 417 g/mol. The van der Waals surface area contributed by atoms with Gasteiger partial charge in [0.25, 0.3) is 0 Å². The third-order valence-corrected chi connectivity index (χ3v) is 6.33. The van der Waals surface area contributed by atoms with Crippen molar-refractivity contribution in [1.29, 1.82) is 0 Å². The average Bonchev–Trinajstić information content (AvgIpc) is 3.08. The Hall–Kier alpha value is -1.56. The first-order valence-electron chi connectivity index (χ1n) is 9.44. The van der Waals surface area contributed by atoms with Crippen LogP contribution in [0.25, 0.3) is 0 Å². The van der Waals surface area contributed by atoms with Gasteiger partial charge in [0.15, 0.2) is 0 Å². The Bertz CT molecular complexity index is 753. The van der Waals surface area contributed by atoms with Crippen LogP contribution in [-0.2, 0) is 32.7 Å². The summed E-state index contributed by atoms with van der Waals surface area (Å²) < 4.78 is 32.6. The first kappa shape index (κ1) is 22.7. The molecule has 1 aromatic rings. The largest absolute Gasteiger partial charge is 0.394 e. The van der Waals surface area contributed by atoms with Crippen LogP contribution < -0.4 is 0 Å². The van der Waals surface area contributed by atoms with Crippen LogP contribution in [0, 0.1) is 5.92 Å². The molecule has 28 heavy (non-hydrogen) atoms. The van der Waals surface area contributed by atoms with Crippen molar-refractivity contribution in [2.75, 3.05) is 33.0 Å². The van der Waals surface area contributed by atoms with E-state index in [1.807, 2.05) is 6.92 Å². The van der Waals surface area contributed by atoms with E-state index in [4.69, 9.17) is 4.74 Å². The summed E-state index contributed by atoms with van der Waals surface area (Å²) in [6, 6.07) is -0.328. The van der Waals surface area contributed by atoms with Gasteiger partial charge in [-0.25, -0.2) is 12.7 Å². The number of aryl methyl sites for hydroxylation is 1. The van der Waals surface area contributed by atoms with Gasteiger partial charge in [-0.3, -0.25) is 9.48 Å². The van der Waals surface area contributed by atoms with E-state index >= 15 is 0 Å². The highest BCUT2D eigenvalue weighted by Crippen LogP contribution is 2.18. The van der Waals surface area contributed by atoms with Crippen molar-refractivity contribution < 1.29 is 23.1 Å². The number of hydrogen-bond acceptors (Lipinski definition) is 7. The van der Waals surface area contributed by atoms with Crippen molar-refractivity contribution in [3.05, 3.63) is 11.9 Å². The minimum Gasteiger partial charge on any atom is -0.394 e. The van der Waals surface area contributed by atoms with Crippen molar-refractivity contribution in [1.82, 2.24) is 24.2 Å². The van der Waals surface area contributed by atoms with Crippen LogP contribution in [0.2, 0.25) is 0 Å². The second kappa shape index (κ2) is 9.77. The van der Waals surface area contributed by atoms with Gasteiger partial charge in [-0.15, -0.1) is 5.10 Å². The Morgan fingerprint density at radius 1 is 1.46 bits per heavy atom. The highest BCUT2D eigenvalue weighted by molar-refractivity contribution is 7.88. The van der Waals surface area contributed by atoms with Gasteiger partial charge in [0, 0.05) is 39.0 Å². The molecule has 1 aliphatic heterocycles. The van der Waals surface area contributed by atoms with Gasteiger partial charge in [0.05, 0.1) is 37.8 Å². The smallest absolute Gasteiger partial charge is 0.222 e. The topological polar surface area (TPSA) is 118 Å². The van der Waals surface area contributed by atoms with E-state index in [-0.39, 0.29) is 37.6 Å². The summed E-state index contributed by atoms with van der Waals surface area (Å²) in [5, 5.41) is 17.7. The zero-order valence-corrected chi connectivity index (χ0v) is 17.8. The van der Waals surface area contributed by atoms with Gasteiger partial charge in [0.1, 0.15) is 5.69 Å². The van der Waals surface area contributed by atoms with Gasteiger partial charge >= 0.3 is 0 Å². The Morgan fingerprint density at radius 3 is 2.82 bits per heavy atom. The Kier molecular flexibility index (Phi) is 7.93. The Balaban J connectivity index is 2.27. The fourth-order valence-electron chi connectivity index (χ4n) is 3.08. The summed E-state index contributed by atoms with van der Waals surface area (Å²) in [7, 11) is -1.87. The minimum absolute atomic E-state index is 0.0526. The number of aromatic nitrogens is 3. The number of nitrogens with zero attached hydrogens (tertiary/aromatic N) is 5. The molecule has 0 fully saturated rings. The van der Waals surface area contributed by atoms with Crippen LogP contribution in [0.4, 0.5) is 0 Å². The molecule has 0 aromatic carbocycles. The predicted octanol–water partition coefficient (Wildman–Crippen LogP) is -0.306. The molecule has 0 unspecified atom stereocenters. The number of ether oxygens (including phenoxy) is 1. The Morgan fingerprint density at radius 2 is 2.18 bits per heavy atom. The van der Waals surface area contributed by atoms with E-state index in [2.05, 4.69) is 10.3 Å². The van der Waals surface area contributed by atoms with Crippen LogP contribution in [0.15, 0.2) is 6.20 Å². The van der Waals surface area contributed by atoms with Crippen molar-refractivity contribution in [3.8, 4) is 0 Å². The maximum atomic E-state index is 12.7. The van der Waals surface area contributed by atoms with Crippen LogP contribution >= 0.6 is 0 Å². The molecule has 10 nitrogen and oxygen atoms in total. The summed E-state index contributed by atoms with van der Waals surface area (Å²) in [6.45, 7) is 4.87. The molecule has 1 N–H and O–H groups in total. The van der Waals surface area contributed by atoms with Gasteiger partial charge in [0.2, 0.25) is 15.9 Å². The number of aliphatic hydroxyl groups is 1. The first-order valence-corrected chi connectivity index (χ1v) is 11.3. The maximum absolute atomic E-state index is 12.7. The molecule has 2 rings (SSSR count). The quantitative estimate of drug-likeness (QED) is 0.698. The van der Waals surface area contributed by atoms with Crippen LogP contribution in [0.1, 0.15) is 32.4 Å². The number of aliphatic hydroxyl groups excluding tert-OH is 1. The number of hydrogen-bond donors (Lipinski definition) is 1. The van der Waals surface area contributed by atoms with E-state index in [0.29, 0.717) is 31.6 Å². The molecule has 0 saturated carbocycles.